The molecule has 17 heavy (non-hydrogen) atoms. The number of rotatable bonds is 2. The third-order valence-electron chi connectivity index (χ3n) is 2.08. The van der Waals surface area contributed by atoms with Gasteiger partial charge in [-0.2, -0.15) is 0 Å². The predicted molar refractivity (Wildman–Crippen MR) is 70.4 cm³/mol. The van der Waals surface area contributed by atoms with Crippen LogP contribution in [0.5, 0.6) is 11.5 Å². The second-order valence-electron chi connectivity index (χ2n) is 3.30. The lowest BCUT2D eigenvalue weighted by Crippen LogP contribution is -1.79. The Balaban J connectivity index is 2.40. The Morgan fingerprint density at radius 2 is 1.65 bits per heavy atom. The van der Waals surface area contributed by atoms with Gasteiger partial charge < -0.3 is 10.2 Å². The molecule has 2 aromatic rings. The lowest BCUT2D eigenvalue weighted by atomic mass is 10.3. The second kappa shape index (κ2) is 5.08. The molecule has 88 valence electrons. The first-order chi connectivity index (χ1) is 8.08. The number of halogens is 2. The van der Waals surface area contributed by atoms with E-state index in [1.54, 1.807) is 30.3 Å². The predicted octanol–water partition coefficient (Wildman–Crippen LogP) is 4.56. The van der Waals surface area contributed by atoms with E-state index in [4.69, 9.17) is 23.2 Å². The normalized spacial score (nSPS) is 10.5. The summed E-state index contributed by atoms with van der Waals surface area (Å²) in [7, 11) is 0. The molecule has 0 heterocycles. The van der Waals surface area contributed by atoms with Crippen LogP contribution in [0.4, 0.5) is 0 Å². The van der Waals surface area contributed by atoms with Crippen LogP contribution < -0.4 is 0 Å². The minimum atomic E-state index is -0.0377. The zero-order valence-electron chi connectivity index (χ0n) is 8.52. The standard InChI is InChI=1S/C12H8Cl2O2S/c13-7-5-8(14)12(16)11(6-7)17-10-4-2-1-3-9(10)15/h1-6,15-16H. The Morgan fingerprint density at radius 1 is 0.941 bits per heavy atom. The van der Waals surface area contributed by atoms with E-state index >= 15 is 0 Å². The van der Waals surface area contributed by atoms with Crippen LogP contribution >= 0.6 is 35.0 Å². The molecule has 2 nitrogen and oxygen atoms in total. The molecule has 0 bridgehead atoms. The highest BCUT2D eigenvalue weighted by Crippen LogP contribution is 2.42. The number of hydrogen-bond donors (Lipinski definition) is 2. The molecular weight excluding hydrogens is 279 g/mol. The minimum Gasteiger partial charge on any atom is -0.507 e. The van der Waals surface area contributed by atoms with Gasteiger partial charge in [-0.15, -0.1) is 0 Å². The van der Waals surface area contributed by atoms with Gasteiger partial charge >= 0.3 is 0 Å². The molecule has 0 radical (unpaired) electrons. The Kier molecular flexibility index (Phi) is 3.72. The maximum absolute atomic E-state index is 9.78. The summed E-state index contributed by atoms with van der Waals surface area (Å²) in [5.41, 5.74) is 0. The van der Waals surface area contributed by atoms with E-state index in [2.05, 4.69) is 0 Å². The number of aromatic hydroxyl groups is 2. The Labute approximate surface area is 113 Å². The third-order valence-corrected chi connectivity index (χ3v) is 3.68. The van der Waals surface area contributed by atoms with Gasteiger partial charge in [-0.05, 0) is 24.3 Å². The number of para-hydroxylation sites is 1. The van der Waals surface area contributed by atoms with Gasteiger partial charge in [0.05, 0.1) is 14.8 Å². The molecular formula is C12H8Cl2O2S. The van der Waals surface area contributed by atoms with Crippen molar-refractivity contribution in [3.8, 4) is 11.5 Å². The number of phenols is 2. The van der Waals surface area contributed by atoms with Crippen molar-refractivity contribution in [2.24, 2.45) is 0 Å². The van der Waals surface area contributed by atoms with Crippen molar-refractivity contribution in [2.45, 2.75) is 9.79 Å². The van der Waals surface area contributed by atoms with Crippen molar-refractivity contribution in [3.05, 3.63) is 46.4 Å². The molecule has 0 aliphatic heterocycles. The van der Waals surface area contributed by atoms with Crippen molar-refractivity contribution in [1.82, 2.24) is 0 Å². The first-order valence-corrected chi connectivity index (χ1v) is 6.29. The topological polar surface area (TPSA) is 40.5 Å². The lowest BCUT2D eigenvalue weighted by molar-refractivity contribution is 0.460. The molecule has 0 aliphatic carbocycles. The van der Waals surface area contributed by atoms with E-state index in [1.807, 2.05) is 0 Å². The van der Waals surface area contributed by atoms with E-state index < -0.39 is 0 Å². The van der Waals surface area contributed by atoms with Gasteiger partial charge in [0, 0.05) is 5.02 Å². The van der Waals surface area contributed by atoms with Crippen LogP contribution in [0, 0.1) is 0 Å². The highest BCUT2D eigenvalue weighted by atomic mass is 35.5. The third kappa shape index (κ3) is 2.80. The Morgan fingerprint density at radius 3 is 2.35 bits per heavy atom. The summed E-state index contributed by atoms with van der Waals surface area (Å²) in [4.78, 5) is 1.13. The van der Waals surface area contributed by atoms with Crippen LogP contribution in [-0.4, -0.2) is 10.2 Å². The van der Waals surface area contributed by atoms with Crippen molar-refractivity contribution in [3.63, 3.8) is 0 Å². The van der Waals surface area contributed by atoms with Crippen molar-refractivity contribution in [2.75, 3.05) is 0 Å². The van der Waals surface area contributed by atoms with Crippen molar-refractivity contribution >= 4 is 35.0 Å². The summed E-state index contributed by atoms with van der Waals surface area (Å²) in [6, 6.07) is 9.91. The smallest absolute Gasteiger partial charge is 0.148 e. The van der Waals surface area contributed by atoms with E-state index in [9.17, 15) is 10.2 Å². The zero-order chi connectivity index (χ0) is 12.4. The summed E-state index contributed by atoms with van der Waals surface area (Å²) in [6.07, 6.45) is 0. The maximum Gasteiger partial charge on any atom is 0.148 e. The molecule has 2 aromatic carbocycles. The summed E-state index contributed by atoms with van der Waals surface area (Å²) in [5.74, 6) is 0.109. The van der Waals surface area contributed by atoms with E-state index in [0.29, 0.717) is 14.8 Å². The fourth-order valence-corrected chi connectivity index (χ4v) is 2.84. The summed E-state index contributed by atoms with van der Waals surface area (Å²) in [5, 5.41) is 20.0. The van der Waals surface area contributed by atoms with Gasteiger partial charge in [-0.25, -0.2) is 0 Å². The van der Waals surface area contributed by atoms with Crippen LogP contribution in [0.2, 0.25) is 10.0 Å². The van der Waals surface area contributed by atoms with E-state index in [-0.39, 0.29) is 16.5 Å². The van der Waals surface area contributed by atoms with Gasteiger partial charge in [-0.1, -0.05) is 47.1 Å². The average molecular weight is 287 g/mol. The van der Waals surface area contributed by atoms with Crippen LogP contribution in [0.25, 0.3) is 0 Å². The van der Waals surface area contributed by atoms with Crippen LogP contribution in [0.15, 0.2) is 46.2 Å². The fraction of sp³-hybridized carbons (Fsp3) is 0. The number of phenolic OH excluding ortho intramolecular Hbond substituents is 2. The largest absolute Gasteiger partial charge is 0.507 e. The van der Waals surface area contributed by atoms with Gasteiger partial charge in [0.1, 0.15) is 11.5 Å². The molecule has 0 saturated heterocycles. The fourth-order valence-electron chi connectivity index (χ4n) is 1.28. The summed E-state index contributed by atoms with van der Waals surface area (Å²) in [6.45, 7) is 0. The van der Waals surface area contributed by atoms with Crippen LogP contribution in [0.3, 0.4) is 0 Å². The Bertz CT molecular complexity index is 558. The molecule has 0 aromatic heterocycles. The monoisotopic (exact) mass is 286 g/mol. The van der Waals surface area contributed by atoms with Gasteiger partial charge in [-0.3, -0.25) is 0 Å². The van der Waals surface area contributed by atoms with Crippen molar-refractivity contribution in [1.29, 1.82) is 0 Å². The van der Waals surface area contributed by atoms with Gasteiger partial charge in [0.25, 0.3) is 0 Å². The minimum absolute atomic E-state index is 0.0377. The molecule has 0 saturated carbocycles. The average Bonchev–Trinajstić information content (AvgIpc) is 2.28. The lowest BCUT2D eigenvalue weighted by Gasteiger charge is -2.07. The van der Waals surface area contributed by atoms with E-state index in [0.717, 1.165) is 0 Å². The Hall–Kier alpha value is -1.03. The molecule has 0 unspecified atom stereocenters. The quantitative estimate of drug-likeness (QED) is 0.851. The van der Waals surface area contributed by atoms with Gasteiger partial charge in [0.15, 0.2) is 0 Å². The summed E-state index contributed by atoms with van der Waals surface area (Å²) < 4.78 is 0. The van der Waals surface area contributed by atoms with Gasteiger partial charge in [0.2, 0.25) is 0 Å². The molecule has 0 fully saturated rings. The molecule has 5 heteroatoms. The number of benzene rings is 2. The molecule has 0 amide bonds. The zero-order valence-corrected chi connectivity index (χ0v) is 10.9. The second-order valence-corrected chi connectivity index (χ2v) is 5.23. The SMILES string of the molecule is Oc1ccccc1Sc1cc(Cl)cc(Cl)c1O. The molecule has 2 rings (SSSR count). The molecule has 0 spiro atoms. The summed E-state index contributed by atoms with van der Waals surface area (Å²) >= 11 is 12.9. The highest BCUT2D eigenvalue weighted by molar-refractivity contribution is 7.99. The van der Waals surface area contributed by atoms with E-state index in [1.165, 1.54) is 17.8 Å². The first-order valence-electron chi connectivity index (χ1n) is 4.72. The highest BCUT2D eigenvalue weighted by Gasteiger charge is 2.11. The van der Waals surface area contributed by atoms with Crippen molar-refractivity contribution < 1.29 is 10.2 Å². The first kappa shape index (κ1) is 12.4. The number of hydrogen-bond acceptors (Lipinski definition) is 3. The molecule has 0 atom stereocenters. The maximum atomic E-state index is 9.78. The van der Waals surface area contributed by atoms with Crippen LogP contribution in [-0.2, 0) is 0 Å². The van der Waals surface area contributed by atoms with Crippen LogP contribution in [0.1, 0.15) is 0 Å². The molecule has 2 N–H and O–H groups in total. The molecule has 0 aliphatic rings.